The van der Waals surface area contributed by atoms with E-state index < -0.39 is 0 Å². The van der Waals surface area contributed by atoms with E-state index in [2.05, 4.69) is 0 Å². The molecule has 0 aliphatic heterocycles. The van der Waals surface area contributed by atoms with Crippen molar-refractivity contribution in [3.63, 3.8) is 0 Å². The first-order valence-electron chi connectivity index (χ1n) is 3.97. The molecule has 11 heavy (non-hydrogen) atoms. The van der Waals surface area contributed by atoms with E-state index in [0.29, 0.717) is 23.7 Å². The number of aliphatic hydroxyl groups is 1. The summed E-state index contributed by atoms with van der Waals surface area (Å²) in [5.41, 5.74) is 0.559. The van der Waals surface area contributed by atoms with E-state index >= 15 is 0 Å². The smallest absolute Gasteiger partial charge is 0.162 e. The van der Waals surface area contributed by atoms with Crippen molar-refractivity contribution >= 4 is 5.78 Å². The molecule has 1 atom stereocenters. The molecule has 1 aliphatic carbocycles. The van der Waals surface area contributed by atoms with Crippen LogP contribution in [0.2, 0.25) is 0 Å². The van der Waals surface area contributed by atoms with Crippen LogP contribution in [0.25, 0.3) is 0 Å². The fraction of sp³-hybridized carbons (Fsp3) is 0.667. The minimum absolute atomic E-state index is 0.0718. The van der Waals surface area contributed by atoms with Gasteiger partial charge in [-0.25, -0.2) is 0 Å². The van der Waals surface area contributed by atoms with Gasteiger partial charge in [-0.3, -0.25) is 4.79 Å². The van der Waals surface area contributed by atoms with Crippen molar-refractivity contribution in [1.29, 1.82) is 0 Å². The Labute approximate surface area is 66.9 Å². The number of allylic oxidation sites excluding steroid dienone is 2. The number of aliphatic hydroxyl groups excluding tert-OH is 1. The quantitative estimate of drug-likeness (QED) is 0.627. The molecular formula is C9H14O2. The highest BCUT2D eigenvalue weighted by Gasteiger charge is 2.31. The number of carbonyl (C=O) groups excluding carboxylic acids is 1. The molecule has 0 saturated carbocycles. The van der Waals surface area contributed by atoms with Gasteiger partial charge in [-0.1, -0.05) is 13.8 Å². The lowest BCUT2D eigenvalue weighted by Crippen LogP contribution is -2.08. The summed E-state index contributed by atoms with van der Waals surface area (Å²) >= 11 is 0. The Morgan fingerprint density at radius 3 is 2.27 bits per heavy atom. The highest BCUT2D eigenvalue weighted by molar-refractivity contribution is 5.98. The third kappa shape index (κ3) is 1.30. The Balaban J connectivity index is 2.86. The van der Waals surface area contributed by atoms with Crippen LogP contribution < -0.4 is 0 Å². The van der Waals surface area contributed by atoms with Gasteiger partial charge in [-0.05, 0) is 12.8 Å². The van der Waals surface area contributed by atoms with Crippen molar-refractivity contribution < 1.29 is 9.90 Å². The van der Waals surface area contributed by atoms with E-state index in [1.807, 2.05) is 13.8 Å². The fourth-order valence-electron chi connectivity index (χ4n) is 1.42. The maximum atomic E-state index is 11.1. The minimum atomic E-state index is 0.0718. The molecule has 0 aromatic heterocycles. The van der Waals surface area contributed by atoms with Crippen LogP contribution in [0, 0.1) is 11.8 Å². The Kier molecular flexibility index (Phi) is 2.03. The second kappa shape index (κ2) is 2.68. The van der Waals surface area contributed by atoms with Crippen LogP contribution in [0.15, 0.2) is 11.3 Å². The molecule has 1 unspecified atom stereocenters. The molecule has 0 spiro atoms. The maximum absolute atomic E-state index is 11.1. The molecule has 0 saturated heterocycles. The summed E-state index contributed by atoms with van der Waals surface area (Å²) < 4.78 is 0. The third-order valence-corrected chi connectivity index (χ3v) is 2.36. The monoisotopic (exact) mass is 154 g/mol. The zero-order valence-corrected chi connectivity index (χ0v) is 7.22. The van der Waals surface area contributed by atoms with Crippen molar-refractivity contribution in [2.24, 2.45) is 11.8 Å². The number of rotatable bonds is 1. The summed E-state index contributed by atoms with van der Waals surface area (Å²) in [7, 11) is 0. The molecule has 0 amide bonds. The van der Waals surface area contributed by atoms with Crippen molar-refractivity contribution in [2.75, 3.05) is 0 Å². The molecule has 62 valence electrons. The normalized spacial score (nSPS) is 25.5. The van der Waals surface area contributed by atoms with E-state index in [9.17, 15) is 9.90 Å². The highest BCUT2D eigenvalue weighted by Crippen LogP contribution is 2.32. The molecule has 0 fully saturated rings. The standard InChI is InChI=1S/C9H14O2/c1-5(2)7-4-8(10)6(3)9(7)11/h5,7,11H,4H2,1-3H3. The summed E-state index contributed by atoms with van der Waals surface area (Å²) in [5, 5.41) is 9.46. The molecule has 0 aromatic carbocycles. The summed E-state index contributed by atoms with van der Waals surface area (Å²) in [4.78, 5) is 11.1. The maximum Gasteiger partial charge on any atom is 0.162 e. The lowest BCUT2D eigenvalue weighted by Gasteiger charge is -2.12. The average Bonchev–Trinajstić information content (AvgIpc) is 2.17. The minimum Gasteiger partial charge on any atom is -0.512 e. The molecule has 1 aliphatic rings. The van der Waals surface area contributed by atoms with Crippen LogP contribution in [0.3, 0.4) is 0 Å². The second-order valence-corrected chi connectivity index (χ2v) is 3.49. The van der Waals surface area contributed by atoms with Crippen LogP contribution in [-0.2, 0) is 4.79 Å². The van der Waals surface area contributed by atoms with Crippen molar-refractivity contribution in [3.8, 4) is 0 Å². The van der Waals surface area contributed by atoms with Gasteiger partial charge < -0.3 is 5.11 Å². The van der Waals surface area contributed by atoms with Crippen LogP contribution in [0.5, 0.6) is 0 Å². The molecule has 0 bridgehead atoms. The Bertz CT molecular complexity index is 214. The van der Waals surface area contributed by atoms with Crippen molar-refractivity contribution in [3.05, 3.63) is 11.3 Å². The Morgan fingerprint density at radius 1 is 1.55 bits per heavy atom. The van der Waals surface area contributed by atoms with E-state index in [-0.39, 0.29) is 11.7 Å². The van der Waals surface area contributed by atoms with Gasteiger partial charge in [0.05, 0.1) is 0 Å². The zero-order valence-electron chi connectivity index (χ0n) is 7.22. The SMILES string of the molecule is CC1=C(O)C(C(C)C)CC1=O. The van der Waals surface area contributed by atoms with Gasteiger partial charge in [0.25, 0.3) is 0 Å². The van der Waals surface area contributed by atoms with Crippen LogP contribution in [0.1, 0.15) is 27.2 Å². The molecule has 0 aromatic rings. The van der Waals surface area contributed by atoms with Gasteiger partial charge in [0.15, 0.2) is 5.78 Å². The van der Waals surface area contributed by atoms with Gasteiger partial charge >= 0.3 is 0 Å². The molecule has 0 radical (unpaired) electrons. The first kappa shape index (κ1) is 8.31. The molecule has 1 N–H and O–H groups in total. The molecule has 2 nitrogen and oxygen atoms in total. The summed E-state index contributed by atoms with van der Waals surface area (Å²) in [6.07, 6.45) is 0.495. The highest BCUT2D eigenvalue weighted by atomic mass is 16.3. The van der Waals surface area contributed by atoms with Gasteiger partial charge in [-0.15, -0.1) is 0 Å². The van der Waals surface area contributed by atoms with E-state index in [1.54, 1.807) is 6.92 Å². The molecule has 2 heteroatoms. The lowest BCUT2D eigenvalue weighted by molar-refractivity contribution is -0.115. The van der Waals surface area contributed by atoms with Gasteiger partial charge in [0.2, 0.25) is 0 Å². The predicted molar refractivity (Wildman–Crippen MR) is 43.3 cm³/mol. The molecule has 0 heterocycles. The first-order valence-corrected chi connectivity index (χ1v) is 3.97. The van der Waals surface area contributed by atoms with E-state index in [1.165, 1.54) is 0 Å². The number of hydrogen-bond donors (Lipinski definition) is 1. The van der Waals surface area contributed by atoms with Gasteiger partial charge in [0.1, 0.15) is 5.76 Å². The number of ketones is 1. The van der Waals surface area contributed by atoms with Crippen LogP contribution in [0.4, 0.5) is 0 Å². The predicted octanol–water partition coefficient (Wildman–Crippen LogP) is 2.06. The van der Waals surface area contributed by atoms with Crippen LogP contribution >= 0.6 is 0 Å². The van der Waals surface area contributed by atoms with Gasteiger partial charge in [-0.2, -0.15) is 0 Å². The van der Waals surface area contributed by atoms with E-state index in [4.69, 9.17) is 0 Å². The summed E-state index contributed by atoms with van der Waals surface area (Å²) in [6.45, 7) is 5.74. The molecule has 1 rings (SSSR count). The zero-order chi connectivity index (χ0) is 8.59. The first-order chi connectivity index (χ1) is 5.04. The Hall–Kier alpha value is -0.790. The second-order valence-electron chi connectivity index (χ2n) is 3.49. The third-order valence-electron chi connectivity index (χ3n) is 2.36. The number of hydrogen-bond acceptors (Lipinski definition) is 2. The molecular weight excluding hydrogens is 140 g/mol. The Morgan fingerprint density at radius 2 is 2.09 bits per heavy atom. The fourth-order valence-corrected chi connectivity index (χ4v) is 1.42. The topological polar surface area (TPSA) is 37.3 Å². The van der Waals surface area contributed by atoms with Crippen LogP contribution in [-0.4, -0.2) is 10.9 Å². The summed E-state index contributed by atoms with van der Waals surface area (Å²) in [6, 6.07) is 0. The summed E-state index contributed by atoms with van der Waals surface area (Å²) in [5.74, 6) is 0.838. The lowest BCUT2D eigenvalue weighted by atomic mass is 9.94. The largest absolute Gasteiger partial charge is 0.512 e. The van der Waals surface area contributed by atoms with Crippen molar-refractivity contribution in [1.82, 2.24) is 0 Å². The number of carbonyl (C=O) groups is 1. The average molecular weight is 154 g/mol. The van der Waals surface area contributed by atoms with Crippen molar-refractivity contribution in [2.45, 2.75) is 27.2 Å². The van der Waals surface area contributed by atoms with E-state index in [0.717, 1.165) is 0 Å². The van der Waals surface area contributed by atoms with Gasteiger partial charge in [0, 0.05) is 17.9 Å². The number of Topliss-reactive ketones (excluding diaryl/α,β-unsaturated/α-hetero) is 1.